The summed E-state index contributed by atoms with van der Waals surface area (Å²) in [5, 5.41) is 8.74. The summed E-state index contributed by atoms with van der Waals surface area (Å²) >= 11 is 0. The molecule has 0 saturated heterocycles. The summed E-state index contributed by atoms with van der Waals surface area (Å²) in [4.78, 5) is 61.5. The summed E-state index contributed by atoms with van der Waals surface area (Å²) in [5.41, 5.74) is -1.93. The molecule has 1 saturated carbocycles. The number of amides is 5. The molecule has 3 aliphatic rings. The maximum atomic E-state index is 12.9. The lowest BCUT2D eigenvalue weighted by Crippen LogP contribution is -2.45. The number of rotatable bonds is 24. The van der Waals surface area contributed by atoms with Gasteiger partial charge in [0, 0.05) is 69.6 Å². The molecule has 0 spiro atoms. The van der Waals surface area contributed by atoms with Gasteiger partial charge in [0.25, 0.3) is 11.8 Å². The van der Waals surface area contributed by atoms with Crippen molar-refractivity contribution in [3.63, 3.8) is 0 Å². The summed E-state index contributed by atoms with van der Waals surface area (Å²) in [6.45, 7) is 18.3. The summed E-state index contributed by atoms with van der Waals surface area (Å²) in [5.74, 6) is 7.06. The van der Waals surface area contributed by atoms with Gasteiger partial charge in [-0.2, -0.15) is 0 Å². The lowest BCUT2D eigenvalue weighted by atomic mass is 9.98. The zero-order valence-electron chi connectivity index (χ0n) is 34.0. The average Bonchev–Trinajstić information content (AvgIpc) is 3.59. The van der Waals surface area contributed by atoms with Crippen LogP contribution < -0.4 is 16.0 Å². The van der Waals surface area contributed by atoms with Crippen molar-refractivity contribution in [2.45, 2.75) is 142 Å². The average molecular weight is 759 g/mol. The lowest BCUT2D eigenvalue weighted by Gasteiger charge is -2.31. The Morgan fingerprint density at radius 1 is 0.704 bits per heavy atom. The number of hydrogen-bond donors (Lipinski definition) is 3. The van der Waals surface area contributed by atoms with Crippen molar-refractivity contribution in [3.8, 4) is 11.8 Å². The van der Waals surface area contributed by atoms with Gasteiger partial charge in [-0.15, -0.1) is 11.8 Å². The molecule has 1 fully saturated rings. The van der Waals surface area contributed by atoms with Crippen molar-refractivity contribution in [2.75, 3.05) is 46.1 Å². The minimum absolute atomic E-state index is 0.0338. The Morgan fingerprint density at radius 3 is 1.89 bits per heavy atom. The number of ether oxygens (including phenoxy) is 4. The second kappa shape index (κ2) is 20.4. The molecular formula is C41H66N4O9. The zero-order chi connectivity index (χ0) is 40.0. The number of imide groups is 1. The monoisotopic (exact) mass is 758 g/mol. The van der Waals surface area contributed by atoms with E-state index in [1.165, 1.54) is 12.2 Å². The molecule has 0 aromatic carbocycles. The summed E-state index contributed by atoms with van der Waals surface area (Å²) in [6.07, 6.45) is 8.89. The Balaban J connectivity index is 1.21. The predicted octanol–water partition coefficient (Wildman–Crippen LogP) is 4.81. The number of carbonyl (C=O) groups excluding carboxylic acids is 5. The van der Waals surface area contributed by atoms with Crippen molar-refractivity contribution in [2.24, 2.45) is 17.8 Å². The molecule has 304 valence electrons. The molecule has 13 nitrogen and oxygen atoms in total. The van der Waals surface area contributed by atoms with Crippen molar-refractivity contribution < 1.29 is 42.9 Å². The Bertz CT molecular complexity index is 1360. The standard InChI is InChI=1S/C41H66N4O9/c1-38(2,21-26-52-40(5,6)20-23-43-37(50)51-29-32-30-13-11-9-10-12-14-31(30)32)44-34(47)17-19-39(3,4)53-27-22-41(7,8)54-28-24-42-33(46)18-25-45-35(48)15-16-36(45)49/h15-16,30-32H,11-14,17-29H2,1-8H3,(H,42,46)(H,43,50)(H,44,47)/t30-,31+,32?. The molecule has 0 aromatic heterocycles. The van der Waals surface area contributed by atoms with E-state index in [9.17, 15) is 24.0 Å². The normalized spacial score (nSPS) is 20.0. The van der Waals surface area contributed by atoms with Crippen LogP contribution in [0.5, 0.6) is 0 Å². The van der Waals surface area contributed by atoms with Crippen LogP contribution in [0.4, 0.5) is 4.79 Å². The number of carbonyl (C=O) groups is 5. The highest BCUT2D eigenvalue weighted by molar-refractivity contribution is 6.13. The summed E-state index contributed by atoms with van der Waals surface area (Å²) in [6, 6.07) is 0. The SMILES string of the molecule is CC(C)(CCOC(C)(C)CCNC(=O)OCC1[C@H]2CCC#CCC[C@@H]12)NC(=O)CCC(C)(C)OCCC(C)(C)OCCNC(=O)CCN1C(=O)C=CC1=O. The third kappa shape index (κ3) is 16.9. The van der Waals surface area contributed by atoms with Gasteiger partial charge < -0.3 is 34.9 Å². The molecule has 13 heteroatoms. The second-order valence-corrected chi connectivity index (χ2v) is 17.2. The van der Waals surface area contributed by atoms with Crippen LogP contribution in [-0.4, -0.2) is 103 Å². The molecule has 1 heterocycles. The van der Waals surface area contributed by atoms with Gasteiger partial charge in [-0.1, -0.05) is 0 Å². The number of alkyl carbamates (subject to hydrolysis) is 1. The van der Waals surface area contributed by atoms with Crippen LogP contribution in [0.1, 0.15) is 120 Å². The molecule has 3 N–H and O–H groups in total. The van der Waals surface area contributed by atoms with Gasteiger partial charge in [0.2, 0.25) is 11.8 Å². The molecule has 0 bridgehead atoms. The van der Waals surface area contributed by atoms with Crippen molar-refractivity contribution in [1.82, 2.24) is 20.9 Å². The summed E-state index contributed by atoms with van der Waals surface area (Å²) in [7, 11) is 0. The number of hydrogen-bond acceptors (Lipinski definition) is 9. The second-order valence-electron chi connectivity index (χ2n) is 17.2. The fourth-order valence-corrected chi connectivity index (χ4v) is 6.73. The third-order valence-electron chi connectivity index (χ3n) is 10.5. The molecule has 3 rings (SSSR count). The molecule has 0 radical (unpaired) electrons. The van der Waals surface area contributed by atoms with Gasteiger partial charge in [-0.3, -0.25) is 24.1 Å². The van der Waals surface area contributed by atoms with E-state index >= 15 is 0 Å². The van der Waals surface area contributed by atoms with Crippen LogP contribution in [0.25, 0.3) is 0 Å². The topological polar surface area (TPSA) is 162 Å². The predicted molar refractivity (Wildman–Crippen MR) is 205 cm³/mol. The van der Waals surface area contributed by atoms with Crippen molar-refractivity contribution in [3.05, 3.63) is 12.2 Å². The van der Waals surface area contributed by atoms with Gasteiger partial charge in [-0.25, -0.2) is 4.79 Å². The van der Waals surface area contributed by atoms with Crippen LogP contribution in [-0.2, 0) is 38.1 Å². The summed E-state index contributed by atoms with van der Waals surface area (Å²) < 4.78 is 23.8. The number of nitrogens with zero attached hydrogens (tertiary/aromatic N) is 1. The van der Waals surface area contributed by atoms with Gasteiger partial charge in [0.15, 0.2) is 0 Å². The van der Waals surface area contributed by atoms with E-state index in [1.54, 1.807) is 0 Å². The van der Waals surface area contributed by atoms with E-state index < -0.39 is 34.2 Å². The van der Waals surface area contributed by atoms with Crippen molar-refractivity contribution in [1.29, 1.82) is 0 Å². The first kappa shape index (κ1) is 44.9. The third-order valence-corrected chi connectivity index (χ3v) is 10.5. The largest absolute Gasteiger partial charge is 0.449 e. The zero-order valence-corrected chi connectivity index (χ0v) is 34.0. The minimum Gasteiger partial charge on any atom is -0.449 e. The molecule has 2 aliphatic carbocycles. The molecule has 0 aromatic rings. The fraction of sp³-hybridized carbons (Fsp3) is 0.780. The maximum Gasteiger partial charge on any atom is 0.407 e. The first-order valence-corrected chi connectivity index (χ1v) is 19.7. The molecule has 54 heavy (non-hydrogen) atoms. The Kier molecular flexibility index (Phi) is 17.0. The molecule has 1 unspecified atom stereocenters. The highest BCUT2D eigenvalue weighted by Gasteiger charge is 2.49. The molecular weight excluding hydrogens is 692 g/mol. The first-order chi connectivity index (χ1) is 25.3. The number of fused-ring (bicyclic) bond motifs is 1. The molecule has 3 atom stereocenters. The highest BCUT2D eigenvalue weighted by atomic mass is 16.5. The van der Waals surface area contributed by atoms with Crippen LogP contribution in [0, 0.1) is 29.6 Å². The van der Waals surface area contributed by atoms with E-state index in [4.69, 9.17) is 18.9 Å². The Hall–Kier alpha value is -3.47. The van der Waals surface area contributed by atoms with E-state index in [1.807, 2.05) is 55.4 Å². The van der Waals surface area contributed by atoms with Gasteiger partial charge in [0.1, 0.15) is 0 Å². The van der Waals surface area contributed by atoms with Crippen LogP contribution in [0.2, 0.25) is 0 Å². The minimum atomic E-state index is -0.517. The maximum absolute atomic E-state index is 12.9. The fourth-order valence-electron chi connectivity index (χ4n) is 6.73. The van der Waals surface area contributed by atoms with E-state index in [-0.39, 0.29) is 30.9 Å². The highest BCUT2D eigenvalue weighted by Crippen LogP contribution is 2.52. The van der Waals surface area contributed by atoms with E-state index in [0.29, 0.717) is 89.4 Å². The Morgan fingerprint density at radius 2 is 1.26 bits per heavy atom. The number of nitrogens with one attached hydrogen (secondary N) is 3. The smallest absolute Gasteiger partial charge is 0.407 e. The van der Waals surface area contributed by atoms with Crippen LogP contribution in [0.15, 0.2) is 12.2 Å². The lowest BCUT2D eigenvalue weighted by molar-refractivity contribution is -0.137. The molecule has 5 amide bonds. The van der Waals surface area contributed by atoms with Gasteiger partial charge in [-0.05, 0) is 112 Å². The van der Waals surface area contributed by atoms with Crippen LogP contribution >= 0.6 is 0 Å². The van der Waals surface area contributed by atoms with E-state index in [2.05, 4.69) is 27.8 Å². The van der Waals surface area contributed by atoms with Crippen molar-refractivity contribution >= 4 is 29.7 Å². The van der Waals surface area contributed by atoms with Crippen LogP contribution in [0.3, 0.4) is 0 Å². The quantitative estimate of drug-likeness (QED) is 0.0713. The van der Waals surface area contributed by atoms with Gasteiger partial charge >= 0.3 is 6.09 Å². The Labute approximate surface area is 322 Å². The first-order valence-electron chi connectivity index (χ1n) is 19.7. The van der Waals surface area contributed by atoms with Gasteiger partial charge in [0.05, 0.1) is 36.6 Å². The van der Waals surface area contributed by atoms with E-state index in [0.717, 1.165) is 30.6 Å². The molecule has 1 aliphatic heterocycles.